The quantitative estimate of drug-likeness (QED) is 0.678. The van der Waals surface area contributed by atoms with Gasteiger partial charge in [0.1, 0.15) is 5.54 Å². The molecule has 118 valence electrons. The molecule has 1 atom stereocenters. The van der Waals surface area contributed by atoms with E-state index >= 15 is 0 Å². The van der Waals surface area contributed by atoms with Crippen LogP contribution in [-0.4, -0.2) is 37.4 Å². The number of aliphatic carboxylic acids is 1. The van der Waals surface area contributed by atoms with Crippen molar-refractivity contribution in [3.8, 4) is 17.2 Å². The summed E-state index contributed by atoms with van der Waals surface area (Å²) in [5.74, 6) is 0.668. The molecule has 1 aromatic rings. The summed E-state index contributed by atoms with van der Waals surface area (Å²) < 4.78 is 16.1. The number of ether oxygens (including phenoxy) is 3. The van der Waals surface area contributed by atoms with Crippen LogP contribution in [0.15, 0.2) is 18.2 Å². The van der Waals surface area contributed by atoms with Crippen LogP contribution in [0.25, 0.3) is 0 Å². The maximum Gasteiger partial charge on any atom is 0.323 e. The van der Waals surface area contributed by atoms with Gasteiger partial charge in [-0.3, -0.25) is 4.79 Å². The molecule has 0 aliphatic carbocycles. The molecule has 0 aromatic heterocycles. The molecule has 6 heteroatoms. The average molecular weight is 297 g/mol. The van der Waals surface area contributed by atoms with E-state index in [9.17, 15) is 4.79 Å². The zero-order chi connectivity index (χ0) is 15.9. The van der Waals surface area contributed by atoms with Crippen LogP contribution in [0, 0.1) is 0 Å². The average Bonchev–Trinajstić information content (AvgIpc) is 2.50. The molecule has 21 heavy (non-hydrogen) atoms. The van der Waals surface area contributed by atoms with Gasteiger partial charge in [-0.15, -0.1) is 0 Å². The van der Waals surface area contributed by atoms with Crippen LogP contribution < -0.4 is 19.9 Å². The summed E-state index contributed by atoms with van der Waals surface area (Å²) in [6.45, 7) is 2.10. The van der Waals surface area contributed by atoms with Gasteiger partial charge in [-0.1, -0.05) is 13.0 Å². The summed E-state index contributed by atoms with van der Waals surface area (Å²) in [7, 11) is 3.10. The van der Waals surface area contributed by atoms with Gasteiger partial charge in [-0.2, -0.15) is 0 Å². The van der Waals surface area contributed by atoms with Gasteiger partial charge in [0.15, 0.2) is 11.5 Å². The second-order valence-corrected chi connectivity index (χ2v) is 4.76. The highest BCUT2D eigenvalue weighted by molar-refractivity contribution is 5.78. The number of hydrogen-bond donors (Lipinski definition) is 2. The van der Waals surface area contributed by atoms with Crippen LogP contribution in [0.4, 0.5) is 0 Å². The van der Waals surface area contributed by atoms with Crippen molar-refractivity contribution in [1.29, 1.82) is 0 Å². The topological polar surface area (TPSA) is 91.0 Å². The minimum absolute atomic E-state index is 0.336. The van der Waals surface area contributed by atoms with E-state index < -0.39 is 11.5 Å². The molecule has 0 saturated heterocycles. The first-order valence-electron chi connectivity index (χ1n) is 6.84. The van der Waals surface area contributed by atoms with Crippen LogP contribution in [0.3, 0.4) is 0 Å². The van der Waals surface area contributed by atoms with E-state index in [-0.39, 0.29) is 0 Å². The smallest absolute Gasteiger partial charge is 0.323 e. The third-order valence-corrected chi connectivity index (χ3v) is 3.45. The lowest BCUT2D eigenvalue weighted by molar-refractivity contribution is -0.143. The summed E-state index contributed by atoms with van der Waals surface area (Å²) in [5, 5.41) is 9.11. The number of carboxylic acids is 1. The lowest BCUT2D eigenvalue weighted by Crippen LogP contribution is -2.47. The predicted octanol–water partition coefficient (Wildman–Crippen LogP) is 2.05. The Labute approximate surface area is 124 Å². The maximum absolute atomic E-state index is 11.1. The van der Waals surface area contributed by atoms with Crippen LogP contribution in [0.2, 0.25) is 0 Å². The number of nitrogens with two attached hydrogens (primary N) is 1. The molecular weight excluding hydrogens is 274 g/mol. The number of carboxylic acid groups (broad SMARTS) is 1. The van der Waals surface area contributed by atoms with E-state index in [4.69, 9.17) is 25.1 Å². The largest absolute Gasteiger partial charge is 0.493 e. The van der Waals surface area contributed by atoms with Gasteiger partial charge >= 0.3 is 5.97 Å². The molecule has 1 aromatic carbocycles. The number of carbonyl (C=O) groups is 1. The lowest BCUT2D eigenvalue weighted by atomic mass is 9.92. The molecular formula is C15H23NO5. The van der Waals surface area contributed by atoms with Gasteiger partial charge in [-0.25, -0.2) is 0 Å². The van der Waals surface area contributed by atoms with Gasteiger partial charge < -0.3 is 25.1 Å². The van der Waals surface area contributed by atoms with Crippen LogP contribution >= 0.6 is 0 Å². The highest BCUT2D eigenvalue weighted by Crippen LogP contribution is 2.36. The first-order valence-corrected chi connectivity index (χ1v) is 6.84. The van der Waals surface area contributed by atoms with Crippen LogP contribution in [-0.2, 0) is 4.79 Å². The molecule has 1 rings (SSSR count). The fraction of sp³-hybridized carbons (Fsp3) is 0.533. The van der Waals surface area contributed by atoms with Crippen molar-refractivity contribution in [1.82, 2.24) is 0 Å². The molecule has 0 saturated carbocycles. The zero-order valence-electron chi connectivity index (χ0n) is 12.7. The summed E-state index contributed by atoms with van der Waals surface area (Å²) in [4.78, 5) is 11.1. The maximum atomic E-state index is 11.1. The first kappa shape index (κ1) is 17.1. The van der Waals surface area contributed by atoms with E-state index in [0.29, 0.717) is 43.1 Å². The standard InChI is InChI=1S/C15H23NO5/c1-4-15(16,14(17)18)9-6-10-21-13-11(19-2)7-5-8-12(13)20-3/h5,7-8H,4,6,9-10,16H2,1-3H3,(H,17,18). The SMILES string of the molecule is CCC(N)(CCCOc1c(OC)cccc1OC)C(=O)O. The number of para-hydroxylation sites is 1. The lowest BCUT2D eigenvalue weighted by Gasteiger charge is -2.23. The van der Waals surface area contributed by atoms with E-state index in [1.807, 2.05) is 0 Å². The Balaban J connectivity index is 2.62. The normalized spacial score (nSPS) is 13.3. The second-order valence-electron chi connectivity index (χ2n) is 4.76. The fourth-order valence-electron chi connectivity index (χ4n) is 1.96. The van der Waals surface area contributed by atoms with Crippen molar-refractivity contribution in [3.05, 3.63) is 18.2 Å². The summed E-state index contributed by atoms with van der Waals surface area (Å²) in [5.41, 5.74) is 4.63. The Hall–Kier alpha value is -1.95. The number of rotatable bonds is 9. The molecule has 0 amide bonds. The van der Waals surface area contributed by atoms with Crippen LogP contribution in [0.1, 0.15) is 26.2 Å². The predicted molar refractivity (Wildman–Crippen MR) is 79.1 cm³/mol. The van der Waals surface area contributed by atoms with Gasteiger partial charge in [0.05, 0.1) is 20.8 Å². The molecule has 0 aliphatic rings. The zero-order valence-corrected chi connectivity index (χ0v) is 12.7. The molecule has 0 aliphatic heterocycles. The molecule has 0 spiro atoms. The molecule has 0 fully saturated rings. The third-order valence-electron chi connectivity index (χ3n) is 3.45. The van der Waals surface area contributed by atoms with E-state index in [1.54, 1.807) is 39.3 Å². The van der Waals surface area contributed by atoms with E-state index in [1.165, 1.54) is 0 Å². The number of methoxy groups -OCH3 is 2. The van der Waals surface area contributed by atoms with Crippen molar-refractivity contribution in [2.24, 2.45) is 5.73 Å². The molecule has 3 N–H and O–H groups in total. The first-order chi connectivity index (χ1) is 9.98. The molecule has 6 nitrogen and oxygen atoms in total. The van der Waals surface area contributed by atoms with Gasteiger partial charge in [0, 0.05) is 0 Å². The van der Waals surface area contributed by atoms with Crippen molar-refractivity contribution < 1.29 is 24.1 Å². The van der Waals surface area contributed by atoms with Crippen molar-refractivity contribution in [3.63, 3.8) is 0 Å². The highest BCUT2D eigenvalue weighted by atomic mass is 16.5. The fourth-order valence-corrected chi connectivity index (χ4v) is 1.96. The Morgan fingerprint density at radius 2 is 1.86 bits per heavy atom. The molecule has 0 bridgehead atoms. The number of hydrogen-bond acceptors (Lipinski definition) is 5. The summed E-state index contributed by atoms with van der Waals surface area (Å²) >= 11 is 0. The molecule has 1 unspecified atom stereocenters. The van der Waals surface area contributed by atoms with Gasteiger partial charge in [-0.05, 0) is 31.4 Å². The summed E-state index contributed by atoms with van der Waals surface area (Å²) in [6, 6.07) is 5.35. The minimum Gasteiger partial charge on any atom is -0.493 e. The Morgan fingerprint density at radius 3 is 2.29 bits per heavy atom. The highest BCUT2D eigenvalue weighted by Gasteiger charge is 2.31. The molecule has 0 radical (unpaired) electrons. The number of benzene rings is 1. The van der Waals surface area contributed by atoms with Crippen molar-refractivity contribution in [2.75, 3.05) is 20.8 Å². The Kier molecular flexibility index (Phi) is 6.30. The van der Waals surface area contributed by atoms with E-state index in [0.717, 1.165) is 0 Å². The summed E-state index contributed by atoms with van der Waals surface area (Å²) in [6.07, 6.45) is 1.24. The van der Waals surface area contributed by atoms with Gasteiger partial charge in [0.2, 0.25) is 5.75 Å². The Bertz CT molecular complexity index is 455. The third kappa shape index (κ3) is 4.26. The molecule has 0 heterocycles. The van der Waals surface area contributed by atoms with E-state index in [2.05, 4.69) is 0 Å². The van der Waals surface area contributed by atoms with Crippen molar-refractivity contribution >= 4 is 5.97 Å². The van der Waals surface area contributed by atoms with Crippen LogP contribution in [0.5, 0.6) is 17.2 Å². The Morgan fingerprint density at radius 1 is 1.29 bits per heavy atom. The minimum atomic E-state index is -1.20. The monoisotopic (exact) mass is 297 g/mol. The van der Waals surface area contributed by atoms with Crippen molar-refractivity contribution in [2.45, 2.75) is 31.7 Å². The second kappa shape index (κ2) is 7.73. The van der Waals surface area contributed by atoms with Gasteiger partial charge in [0.25, 0.3) is 0 Å².